The molecule has 0 radical (unpaired) electrons. The predicted molar refractivity (Wildman–Crippen MR) is 388 cm³/mol. The smallest absolute Gasteiger partial charge is 0.110 e. The lowest BCUT2D eigenvalue weighted by atomic mass is 9.88. The summed E-state index contributed by atoms with van der Waals surface area (Å²) in [6.07, 6.45) is -0.262. The van der Waals surface area contributed by atoms with Gasteiger partial charge in [0.25, 0.3) is 0 Å². The summed E-state index contributed by atoms with van der Waals surface area (Å²) < 4.78 is 116. The van der Waals surface area contributed by atoms with Crippen LogP contribution in [0.25, 0.3) is 0 Å². The van der Waals surface area contributed by atoms with Gasteiger partial charge in [0.2, 0.25) is 0 Å². The van der Waals surface area contributed by atoms with Crippen LogP contribution < -0.4 is 0 Å². The highest BCUT2D eigenvalue weighted by Gasteiger charge is 2.49. The summed E-state index contributed by atoms with van der Waals surface area (Å²) in [4.78, 5) is 0. The van der Waals surface area contributed by atoms with Gasteiger partial charge in [-0.2, -0.15) is 0 Å². The van der Waals surface area contributed by atoms with Gasteiger partial charge >= 0.3 is 0 Å². The van der Waals surface area contributed by atoms with Crippen LogP contribution in [0.3, 0.4) is 0 Å². The monoisotopic (exact) mass is 1500 g/mol. The minimum absolute atomic E-state index is 0.00255. The first kappa shape index (κ1) is 99.9. The fraction of sp³-hybridized carbons (Fsp3) is 1.00. The van der Waals surface area contributed by atoms with Gasteiger partial charge in [0, 0.05) is 139 Å². The number of aliphatic hydroxyl groups excluding tert-OH is 7. The second kappa shape index (κ2) is 53.7. The third-order valence-electron chi connectivity index (χ3n) is 21.5. The standard InChI is InChI=1S/C12H24O4.3C11H22O4.3C10H20O4/c1-5-6-15-12-10(7-13)8(2)16-9(3)11(12)14-4;3*1-5-14-11-9(6-12)7(2)15-8(3)10(11)13-4;3*1-6-8(5-11)10(13-4)9(12-3)7(2)14-6/h8-13H,5-7H2,1-4H3;3*7-12H,5-6H2,1-4H3;3*6-11H,5H2,1-4H3/t8?,9-,10-,11-,12-;2*7?,8-,9-,10-,11-;7-,8-,9-,10-,11-;6?,7-,8-,9-,10-;6-,7+,8+,9+,10+;6-,7-,8-,9-,10-/m0000010/s1. The summed E-state index contributed by atoms with van der Waals surface area (Å²) in [5.41, 5.74) is 0. The maximum Gasteiger partial charge on any atom is 0.110 e. The number of methoxy groups -OCH3 is 10. The summed E-state index contributed by atoms with van der Waals surface area (Å²) in [7, 11) is 16.5. The van der Waals surface area contributed by atoms with Crippen molar-refractivity contribution in [2.24, 2.45) is 41.4 Å². The van der Waals surface area contributed by atoms with E-state index in [-0.39, 0.29) is 259 Å². The Balaban J connectivity index is 0.000000601. The van der Waals surface area contributed by atoms with E-state index < -0.39 is 0 Å². The van der Waals surface area contributed by atoms with Crippen LogP contribution in [0, 0.1) is 41.4 Å². The molecule has 103 heavy (non-hydrogen) atoms. The number of hydrogen-bond acceptors (Lipinski definition) is 28. The van der Waals surface area contributed by atoms with Crippen LogP contribution in [-0.2, 0) is 99.5 Å². The van der Waals surface area contributed by atoms with Gasteiger partial charge in [0.05, 0.1) is 174 Å². The first-order valence-electron chi connectivity index (χ1n) is 37.7. The highest BCUT2D eigenvalue weighted by atomic mass is 16.6. The van der Waals surface area contributed by atoms with Gasteiger partial charge in [-0.1, -0.05) is 6.92 Å². The zero-order chi connectivity index (χ0) is 78.5. The molecule has 0 spiro atoms. The van der Waals surface area contributed by atoms with Crippen LogP contribution in [0.5, 0.6) is 0 Å². The van der Waals surface area contributed by atoms with Crippen molar-refractivity contribution in [1.29, 1.82) is 0 Å². The Bertz CT molecular complexity index is 1750. The molecule has 7 fully saturated rings. The normalized spacial score (nSPS) is 42.4. The molecular weight excluding hydrogens is 1350 g/mol. The van der Waals surface area contributed by atoms with Crippen LogP contribution in [0.1, 0.15) is 131 Å². The number of rotatable bonds is 26. The van der Waals surface area contributed by atoms with Crippen molar-refractivity contribution in [2.75, 3.05) is 144 Å². The average molecular weight is 1500 g/mol. The molecule has 0 aromatic carbocycles. The molecule has 28 heteroatoms. The van der Waals surface area contributed by atoms with Crippen molar-refractivity contribution in [3.63, 3.8) is 0 Å². The Morgan fingerprint density at radius 3 is 0.456 bits per heavy atom. The zero-order valence-corrected chi connectivity index (χ0v) is 68.4. The second-order valence-electron chi connectivity index (χ2n) is 27.8. The van der Waals surface area contributed by atoms with E-state index in [1.54, 1.807) is 71.1 Å². The molecule has 0 amide bonds. The summed E-state index contributed by atoms with van der Waals surface area (Å²) in [5.74, 6) is -0.0700. The molecule has 7 aliphatic rings. The van der Waals surface area contributed by atoms with Gasteiger partial charge in [-0.15, -0.1) is 0 Å². The molecule has 4 unspecified atom stereocenters. The second-order valence-corrected chi connectivity index (χ2v) is 27.8. The van der Waals surface area contributed by atoms with E-state index in [2.05, 4.69) is 6.92 Å². The Morgan fingerprint density at radius 1 is 0.194 bits per heavy atom. The molecule has 7 rings (SSSR count). The molecule has 0 bridgehead atoms. The van der Waals surface area contributed by atoms with Gasteiger partial charge in [-0.25, -0.2) is 0 Å². The van der Waals surface area contributed by atoms with E-state index in [1.807, 2.05) is 118 Å². The topological polar surface area (TPSA) is 335 Å². The molecule has 7 N–H and O–H groups in total. The maximum atomic E-state index is 9.42. The largest absolute Gasteiger partial charge is 0.396 e. The molecule has 7 heterocycles. The average Bonchev–Trinajstić information content (AvgIpc) is 0.872. The van der Waals surface area contributed by atoms with E-state index in [0.717, 1.165) is 6.42 Å². The summed E-state index contributed by atoms with van der Waals surface area (Å²) >= 11 is 0. The SMILES string of the molecule is CCCO[C@@H]1[C@@H](OC)[C@H](C)OC(C)[C@@H]1CO.CCO[C@@H]1[C@@H](OC)[C@H](C)OC(C)[C@@H]1CO.CCO[C@@H]1[C@@H](OC)[C@H](C)OC(C)[C@@H]1CO.CCO[C@H]1[C@@H](CO)[C@H](C)O[C@@H](C)[C@@H]1OC.CO[C@@H]1[C@@H](OC)[C@@H](CO)C(C)O[C@H]1C.CO[C@@H]1[C@@H](OC)[C@@H](CO)[C@@H](C)O[C@H]1C.CO[C@@H]1[C@@H](OC)[C@@H](CO)[C@H](C)O[C@H]1C. The summed E-state index contributed by atoms with van der Waals surface area (Å²) in [6, 6.07) is 0. The fourth-order valence-corrected chi connectivity index (χ4v) is 15.7. The van der Waals surface area contributed by atoms with E-state index in [1.165, 1.54) is 0 Å². The molecule has 7 aliphatic heterocycles. The first-order valence-corrected chi connectivity index (χ1v) is 37.7. The highest BCUT2D eigenvalue weighted by Crippen LogP contribution is 2.36. The molecule has 0 aliphatic carbocycles. The predicted octanol–water partition coefficient (Wildman–Crippen LogP) is 4.98. The molecule has 28 nitrogen and oxygen atoms in total. The molecule has 0 saturated carbocycles. The van der Waals surface area contributed by atoms with E-state index in [4.69, 9.17) is 99.5 Å². The van der Waals surface area contributed by atoms with Crippen LogP contribution >= 0.6 is 0 Å². The van der Waals surface area contributed by atoms with Crippen LogP contribution in [0.2, 0.25) is 0 Å². The van der Waals surface area contributed by atoms with Gasteiger partial charge in [0.15, 0.2) is 0 Å². The maximum absolute atomic E-state index is 9.42. The Morgan fingerprint density at radius 2 is 0.330 bits per heavy atom. The van der Waals surface area contributed by atoms with Crippen LogP contribution in [0.4, 0.5) is 0 Å². The van der Waals surface area contributed by atoms with E-state index in [0.29, 0.717) is 26.4 Å². The van der Waals surface area contributed by atoms with Gasteiger partial charge < -0.3 is 135 Å². The lowest BCUT2D eigenvalue weighted by molar-refractivity contribution is -0.219. The number of aliphatic hydroxyl groups is 7. The lowest BCUT2D eigenvalue weighted by Crippen LogP contribution is -2.55. The quantitative estimate of drug-likeness (QED) is 0.0601. The van der Waals surface area contributed by atoms with Crippen LogP contribution in [-0.4, -0.2) is 350 Å². The van der Waals surface area contributed by atoms with E-state index in [9.17, 15) is 35.7 Å². The van der Waals surface area contributed by atoms with Crippen molar-refractivity contribution < 1.29 is 135 Å². The third-order valence-corrected chi connectivity index (χ3v) is 21.5. The Hall–Kier alpha value is -1.12. The van der Waals surface area contributed by atoms with Gasteiger partial charge in [-0.3, -0.25) is 0 Å². The van der Waals surface area contributed by atoms with Gasteiger partial charge in [-0.05, 0) is 124 Å². The minimum Gasteiger partial charge on any atom is -0.396 e. The van der Waals surface area contributed by atoms with Crippen molar-refractivity contribution >= 4 is 0 Å². The van der Waals surface area contributed by atoms with Crippen molar-refractivity contribution in [1.82, 2.24) is 0 Å². The molecule has 0 aromatic heterocycles. The lowest BCUT2D eigenvalue weighted by Gasteiger charge is -2.43. The van der Waals surface area contributed by atoms with E-state index >= 15 is 0 Å². The minimum atomic E-state index is -0.103. The molecule has 0 aromatic rings. The third kappa shape index (κ3) is 28.5. The number of hydrogen-bond donors (Lipinski definition) is 7. The van der Waals surface area contributed by atoms with Crippen molar-refractivity contribution in [2.45, 2.75) is 302 Å². The molecule has 35 atom stereocenters. The van der Waals surface area contributed by atoms with Crippen molar-refractivity contribution in [3.05, 3.63) is 0 Å². The Kier molecular flexibility index (Phi) is 52.1. The Labute approximate surface area is 620 Å². The number of ether oxygens (including phenoxy) is 21. The fourth-order valence-electron chi connectivity index (χ4n) is 15.7. The molecular formula is C75H150O28. The molecule has 7 saturated heterocycles. The van der Waals surface area contributed by atoms with Gasteiger partial charge in [0.1, 0.15) is 42.7 Å². The summed E-state index contributed by atoms with van der Waals surface area (Å²) in [5, 5.41) is 65.2. The van der Waals surface area contributed by atoms with Crippen molar-refractivity contribution in [3.8, 4) is 0 Å². The zero-order valence-electron chi connectivity index (χ0n) is 68.4. The first-order chi connectivity index (χ1) is 49.1. The molecule has 618 valence electrons. The highest BCUT2D eigenvalue weighted by molar-refractivity contribution is 4.96. The van der Waals surface area contributed by atoms with Crippen LogP contribution in [0.15, 0.2) is 0 Å². The summed E-state index contributed by atoms with van der Waals surface area (Å²) in [6.45, 7) is 38.5.